The van der Waals surface area contributed by atoms with Crippen molar-refractivity contribution in [2.24, 2.45) is 0 Å². The van der Waals surface area contributed by atoms with Crippen molar-refractivity contribution < 1.29 is 8.42 Å². The van der Waals surface area contributed by atoms with Crippen LogP contribution in [0.4, 0.5) is 0 Å². The third kappa shape index (κ3) is 2.59. The minimum atomic E-state index is -3.45. The van der Waals surface area contributed by atoms with Crippen LogP contribution in [0.3, 0.4) is 0 Å². The summed E-state index contributed by atoms with van der Waals surface area (Å²) in [6.45, 7) is 0. The molecule has 0 amide bonds. The van der Waals surface area contributed by atoms with Crippen LogP contribution in [0.25, 0.3) is 0 Å². The summed E-state index contributed by atoms with van der Waals surface area (Å²) in [5, 5.41) is 1.06. The topological polar surface area (TPSA) is 46.2 Å². The third-order valence-corrected chi connectivity index (χ3v) is 5.45. The number of nitrogens with one attached hydrogen (secondary N) is 1. The molecule has 1 fully saturated rings. The van der Waals surface area contributed by atoms with Gasteiger partial charge < -0.3 is 0 Å². The van der Waals surface area contributed by atoms with Crippen molar-refractivity contribution in [1.29, 1.82) is 0 Å². The summed E-state index contributed by atoms with van der Waals surface area (Å²) in [7, 11) is -3.45. The lowest BCUT2D eigenvalue weighted by atomic mass is 10.4. The summed E-state index contributed by atoms with van der Waals surface area (Å²) in [4.78, 5) is 0.215. The van der Waals surface area contributed by atoms with Gasteiger partial charge in [-0.05, 0) is 31.0 Å². The summed E-state index contributed by atoms with van der Waals surface area (Å²) in [6, 6.07) is 6.27. The molecule has 0 heterocycles. The Bertz CT molecular complexity index is 499. The lowest BCUT2D eigenvalue weighted by Gasteiger charge is -2.14. The standard InChI is InChI=1S/C10H11BrClNO2S/c11-7-10(4-5-10)13-16(14,15)9-3-1-2-8(12)6-9/h1-3,6,13H,4-5,7H2. The molecule has 1 saturated carbocycles. The molecule has 0 unspecified atom stereocenters. The normalized spacial score (nSPS) is 18.4. The summed E-state index contributed by atoms with van der Waals surface area (Å²) in [5.41, 5.74) is -0.291. The molecular weight excluding hydrogens is 314 g/mol. The maximum absolute atomic E-state index is 12.0. The van der Waals surface area contributed by atoms with Gasteiger partial charge in [-0.3, -0.25) is 0 Å². The fourth-order valence-corrected chi connectivity index (χ4v) is 4.04. The number of rotatable bonds is 4. The minimum absolute atomic E-state index is 0.215. The van der Waals surface area contributed by atoms with Crippen LogP contribution in [0.15, 0.2) is 29.2 Å². The molecule has 0 spiro atoms. The van der Waals surface area contributed by atoms with Gasteiger partial charge in [-0.25, -0.2) is 13.1 Å². The molecule has 0 bridgehead atoms. The average Bonchev–Trinajstić information content (AvgIpc) is 2.98. The third-order valence-electron chi connectivity index (χ3n) is 2.57. The van der Waals surface area contributed by atoms with Crippen LogP contribution < -0.4 is 4.72 Å². The quantitative estimate of drug-likeness (QED) is 0.865. The summed E-state index contributed by atoms with van der Waals surface area (Å²) in [5.74, 6) is 0. The van der Waals surface area contributed by atoms with Crippen LogP contribution in [0.2, 0.25) is 5.02 Å². The van der Waals surface area contributed by atoms with Gasteiger partial charge in [0.2, 0.25) is 10.0 Å². The first-order chi connectivity index (χ1) is 7.47. The molecule has 0 atom stereocenters. The molecule has 0 saturated heterocycles. The highest BCUT2D eigenvalue weighted by Gasteiger charge is 2.45. The Morgan fingerprint density at radius 2 is 2.12 bits per heavy atom. The number of sulfonamides is 1. The second-order valence-corrected chi connectivity index (χ2v) is 6.66. The number of benzene rings is 1. The van der Waals surface area contributed by atoms with Crippen LogP contribution in [0, 0.1) is 0 Å². The van der Waals surface area contributed by atoms with E-state index in [0.717, 1.165) is 12.8 Å². The van der Waals surface area contributed by atoms with Gasteiger partial charge in [-0.1, -0.05) is 33.6 Å². The number of hydrogen-bond acceptors (Lipinski definition) is 2. The molecule has 1 aliphatic rings. The minimum Gasteiger partial charge on any atom is -0.207 e. The molecule has 0 radical (unpaired) electrons. The Balaban J connectivity index is 2.26. The summed E-state index contributed by atoms with van der Waals surface area (Å²) in [6.07, 6.45) is 1.75. The van der Waals surface area contributed by atoms with E-state index in [0.29, 0.717) is 10.4 Å². The molecule has 0 aromatic heterocycles. The van der Waals surface area contributed by atoms with Gasteiger partial charge in [-0.2, -0.15) is 0 Å². The number of halogens is 2. The zero-order chi connectivity index (χ0) is 11.8. The first-order valence-electron chi connectivity index (χ1n) is 4.83. The number of hydrogen-bond donors (Lipinski definition) is 1. The molecule has 1 aromatic rings. The van der Waals surface area contributed by atoms with Gasteiger partial charge in [-0.15, -0.1) is 0 Å². The first kappa shape index (κ1) is 12.4. The molecule has 1 N–H and O–H groups in total. The van der Waals surface area contributed by atoms with E-state index in [4.69, 9.17) is 11.6 Å². The second-order valence-electron chi connectivity index (χ2n) is 3.98. The Labute approximate surface area is 108 Å². The monoisotopic (exact) mass is 323 g/mol. The fraction of sp³-hybridized carbons (Fsp3) is 0.400. The maximum atomic E-state index is 12.0. The van der Waals surface area contributed by atoms with E-state index in [1.54, 1.807) is 18.2 Å². The molecule has 0 aliphatic heterocycles. The Morgan fingerprint density at radius 3 is 2.62 bits per heavy atom. The van der Waals surface area contributed by atoms with Crippen LogP contribution >= 0.6 is 27.5 Å². The highest BCUT2D eigenvalue weighted by molar-refractivity contribution is 9.09. The van der Waals surface area contributed by atoms with Crippen molar-refractivity contribution in [3.63, 3.8) is 0 Å². The summed E-state index contributed by atoms with van der Waals surface area (Å²) < 4.78 is 26.7. The van der Waals surface area contributed by atoms with E-state index in [2.05, 4.69) is 20.7 Å². The van der Waals surface area contributed by atoms with Gasteiger partial charge in [0.05, 0.1) is 4.90 Å². The SMILES string of the molecule is O=S(=O)(NC1(CBr)CC1)c1cccc(Cl)c1. The zero-order valence-electron chi connectivity index (χ0n) is 8.41. The lowest BCUT2D eigenvalue weighted by Crippen LogP contribution is -2.37. The van der Waals surface area contributed by atoms with E-state index in [-0.39, 0.29) is 10.4 Å². The van der Waals surface area contributed by atoms with Crippen molar-refractivity contribution in [3.8, 4) is 0 Å². The first-order valence-corrected chi connectivity index (χ1v) is 7.81. The van der Waals surface area contributed by atoms with Crippen molar-refractivity contribution in [3.05, 3.63) is 29.3 Å². The molecule has 6 heteroatoms. The van der Waals surface area contributed by atoms with Crippen molar-refractivity contribution in [2.45, 2.75) is 23.3 Å². The number of alkyl halides is 1. The van der Waals surface area contributed by atoms with Crippen molar-refractivity contribution in [2.75, 3.05) is 5.33 Å². The zero-order valence-corrected chi connectivity index (χ0v) is 11.6. The van der Waals surface area contributed by atoms with Crippen LogP contribution in [-0.2, 0) is 10.0 Å². The molecule has 3 nitrogen and oxygen atoms in total. The van der Waals surface area contributed by atoms with E-state index in [1.165, 1.54) is 6.07 Å². The molecule has 1 aliphatic carbocycles. The van der Waals surface area contributed by atoms with Gasteiger partial charge >= 0.3 is 0 Å². The Hall–Kier alpha value is -0.100. The van der Waals surface area contributed by atoms with Gasteiger partial charge in [0.25, 0.3) is 0 Å². The Kier molecular flexibility index (Phi) is 3.32. The second kappa shape index (κ2) is 4.29. The highest BCUT2D eigenvalue weighted by atomic mass is 79.9. The van der Waals surface area contributed by atoms with Crippen molar-refractivity contribution in [1.82, 2.24) is 4.72 Å². The van der Waals surface area contributed by atoms with Crippen LogP contribution in [-0.4, -0.2) is 19.3 Å². The highest BCUT2D eigenvalue weighted by Crippen LogP contribution is 2.38. The van der Waals surface area contributed by atoms with Crippen LogP contribution in [0.1, 0.15) is 12.8 Å². The molecule has 1 aromatic carbocycles. The van der Waals surface area contributed by atoms with E-state index < -0.39 is 10.0 Å². The average molecular weight is 325 g/mol. The molecular formula is C10H11BrClNO2S. The molecule has 88 valence electrons. The molecule has 16 heavy (non-hydrogen) atoms. The van der Waals surface area contributed by atoms with Gasteiger partial charge in [0.15, 0.2) is 0 Å². The lowest BCUT2D eigenvalue weighted by molar-refractivity contribution is 0.561. The van der Waals surface area contributed by atoms with E-state index >= 15 is 0 Å². The largest absolute Gasteiger partial charge is 0.241 e. The van der Waals surface area contributed by atoms with Crippen molar-refractivity contribution >= 4 is 37.6 Å². The van der Waals surface area contributed by atoms with E-state index in [9.17, 15) is 8.42 Å². The smallest absolute Gasteiger partial charge is 0.207 e. The predicted molar refractivity (Wildman–Crippen MR) is 67.5 cm³/mol. The fourth-order valence-electron chi connectivity index (χ4n) is 1.39. The van der Waals surface area contributed by atoms with E-state index in [1.807, 2.05) is 0 Å². The maximum Gasteiger partial charge on any atom is 0.241 e. The molecule has 2 rings (SSSR count). The Morgan fingerprint density at radius 1 is 1.44 bits per heavy atom. The van der Waals surface area contributed by atoms with Crippen LogP contribution in [0.5, 0.6) is 0 Å². The van der Waals surface area contributed by atoms with Gasteiger partial charge in [0.1, 0.15) is 0 Å². The summed E-state index contributed by atoms with van der Waals surface area (Å²) >= 11 is 9.09. The van der Waals surface area contributed by atoms with Gasteiger partial charge in [0, 0.05) is 15.9 Å². The predicted octanol–water partition coefficient (Wildman–Crippen LogP) is 2.55.